The van der Waals surface area contributed by atoms with Gasteiger partial charge in [-0.3, -0.25) is 4.79 Å². The van der Waals surface area contributed by atoms with E-state index in [1.54, 1.807) is 23.9 Å². The van der Waals surface area contributed by atoms with E-state index in [0.29, 0.717) is 9.98 Å². The summed E-state index contributed by atoms with van der Waals surface area (Å²) >= 11 is 11.0. The largest absolute Gasteiger partial charge is 0.510 e. The highest BCUT2D eigenvalue weighted by Crippen LogP contribution is 2.11. The summed E-state index contributed by atoms with van der Waals surface area (Å²) in [6.07, 6.45) is 1.20. The number of oxime groups is 1. The average Bonchev–Trinajstić information content (AvgIpc) is 2.79. The number of rotatable bonds is 9. The maximum absolute atomic E-state index is 12.9. The minimum absolute atomic E-state index is 0.0320. The third-order valence-electron chi connectivity index (χ3n) is 4.40. The zero-order valence-electron chi connectivity index (χ0n) is 17.7. The standard InChI is InChI=1S/C23H25N3O3S2/c1-25(22(30)17-10-6-4-7-11-17)15-20(27)19(14-24-29-3)21(28)16-26(2)23(31)18-12-8-5-9-13-18/h4-14,27H,15-16H2,1-3H3/b20-19-,24-14+. The van der Waals surface area contributed by atoms with Crippen LogP contribution in [-0.4, -0.2) is 71.2 Å². The highest BCUT2D eigenvalue weighted by molar-refractivity contribution is 7.80. The molecule has 0 amide bonds. The molecule has 2 rings (SSSR count). The summed E-state index contributed by atoms with van der Waals surface area (Å²) in [5, 5.41) is 14.4. The van der Waals surface area contributed by atoms with Crippen molar-refractivity contribution in [2.75, 3.05) is 34.3 Å². The molecule has 162 valence electrons. The fourth-order valence-electron chi connectivity index (χ4n) is 2.77. The van der Waals surface area contributed by atoms with Gasteiger partial charge >= 0.3 is 0 Å². The normalized spacial score (nSPS) is 11.6. The number of aliphatic hydroxyl groups excluding tert-OH is 1. The number of benzene rings is 2. The maximum Gasteiger partial charge on any atom is 0.187 e. The lowest BCUT2D eigenvalue weighted by Gasteiger charge is -2.22. The fraction of sp³-hybridized carbons (Fsp3) is 0.217. The van der Waals surface area contributed by atoms with Gasteiger partial charge in [-0.05, 0) is 0 Å². The lowest BCUT2D eigenvalue weighted by atomic mass is 10.1. The van der Waals surface area contributed by atoms with Crippen LogP contribution in [0.1, 0.15) is 11.1 Å². The Morgan fingerprint density at radius 2 is 1.39 bits per heavy atom. The highest BCUT2D eigenvalue weighted by atomic mass is 32.1. The molecule has 2 aromatic rings. The van der Waals surface area contributed by atoms with Crippen molar-refractivity contribution in [1.82, 2.24) is 9.80 Å². The Bertz CT molecular complexity index is 976. The summed E-state index contributed by atoms with van der Waals surface area (Å²) in [7, 11) is 4.84. The predicted molar refractivity (Wildman–Crippen MR) is 132 cm³/mol. The summed E-state index contributed by atoms with van der Waals surface area (Å²) in [5.74, 6) is -0.510. The third-order valence-corrected chi connectivity index (χ3v) is 5.50. The van der Waals surface area contributed by atoms with Crippen LogP contribution >= 0.6 is 24.4 Å². The minimum atomic E-state index is -0.349. The molecule has 0 saturated heterocycles. The Labute approximate surface area is 193 Å². The van der Waals surface area contributed by atoms with Gasteiger partial charge in [0.2, 0.25) is 0 Å². The van der Waals surface area contributed by atoms with Gasteiger partial charge in [-0.25, -0.2) is 0 Å². The Morgan fingerprint density at radius 3 is 1.84 bits per heavy atom. The lowest BCUT2D eigenvalue weighted by molar-refractivity contribution is -0.115. The number of aliphatic hydroxyl groups is 1. The Balaban J connectivity index is 2.17. The first kappa shape index (κ1) is 24.2. The van der Waals surface area contributed by atoms with E-state index in [2.05, 4.69) is 5.16 Å². The van der Waals surface area contributed by atoms with Crippen LogP contribution in [0, 0.1) is 0 Å². The number of likely N-dealkylation sites (N-methyl/N-ethyl adjacent to an activating group) is 2. The molecule has 0 aliphatic carbocycles. The van der Waals surface area contributed by atoms with E-state index in [9.17, 15) is 9.90 Å². The minimum Gasteiger partial charge on any atom is -0.510 e. The topological polar surface area (TPSA) is 65.4 Å². The molecular weight excluding hydrogens is 430 g/mol. The van der Waals surface area contributed by atoms with E-state index in [-0.39, 0.29) is 30.2 Å². The number of hydrogen-bond donors (Lipinski definition) is 1. The van der Waals surface area contributed by atoms with Gasteiger partial charge in [0.1, 0.15) is 22.8 Å². The van der Waals surface area contributed by atoms with Gasteiger partial charge in [0.05, 0.1) is 24.9 Å². The third kappa shape index (κ3) is 6.97. The molecule has 0 saturated carbocycles. The lowest BCUT2D eigenvalue weighted by Crippen LogP contribution is -2.34. The van der Waals surface area contributed by atoms with Crippen molar-refractivity contribution in [1.29, 1.82) is 0 Å². The average molecular weight is 456 g/mol. The van der Waals surface area contributed by atoms with Crippen molar-refractivity contribution >= 4 is 46.4 Å². The maximum atomic E-state index is 12.9. The number of nitrogens with zero attached hydrogens (tertiary/aromatic N) is 3. The van der Waals surface area contributed by atoms with Gasteiger partial charge in [0.25, 0.3) is 0 Å². The molecule has 0 aliphatic heterocycles. The van der Waals surface area contributed by atoms with Crippen LogP contribution in [-0.2, 0) is 9.63 Å². The fourth-order valence-corrected chi connectivity index (χ4v) is 3.17. The summed E-state index contributed by atoms with van der Waals surface area (Å²) in [5.41, 5.74) is 1.72. The van der Waals surface area contributed by atoms with E-state index in [0.717, 1.165) is 11.1 Å². The number of thiocarbonyl (C=S) groups is 2. The quantitative estimate of drug-likeness (QED) is 0.204. The zero-order chi connectivity index (χ0) is 22.8. The number of hydrogen-bond acceptors (Lipinski definition) is 6. The molecule has 0 heterocycles. The highest BCUT2D eigenvalue weighted by Gasteiger charge is 2.20. The molecule has 0 radical (unpaired) electrons. The molecule has 0 spiro atoms. The van der Waals surface area contributed by atoms with Crippen LogP contribution in [0.2, 0.25) is 0 Å². The Hall–Kier alpha value is -3.10. The summed E-state index contributed by atoms with van der Waals surface area (Å²) in [6.45, 7) is 0.00703. The van der Waals surface area contributed by atoms with Crippen LogP contribution < -0.4 is 0 Å². The van der Waals surface area contributed by atoms with E-state index >= 15 is 0 Å². The Morgan fingerprint density at radius 1 is 0.935 bits per heavy atom. The summed E-state index contributed by atoms with van der Waals surface area (Å²) in [6, 6.07) is 18.9. The van der Waals surface area contributed by atoms with Crippen molar-refractivity contribution in [3.8, 4) is 0 Å². The number of ketones is 1. The molecule has 0 unspecified atom stereocenters. The molecule has 31 heavy (non-hydrogen) atoms. The van der Waals surface area contributed by atoms with Gasteiger partial charge in [-0.1, -0.05) is 90.3 Å². The van der Waals surface area contributed by atoms with E-state index in [4.69, 9.17) is 29.3 Å². The van der Waals surface area contributed by atoms with Gasteiger partial charge in [-0.15, -0.1) is 0 Å². The molecule has 8 heteroatoms. The zero-order valence-corrected chi connectivity index (χ0v) is 19.3. The number of carbonyl (C=O) groups excluding carboxylic acids is 1. The van der Waals surface area contributed by atoms with Crippen molar-refractivity contribution in [3.63, 3.8) is 0 Å². The second-order valence-electron chi connectivity index (χ2n) is 6.76. The molecule has 0 aromatic heterocycles. The first-order valence-corrected chi connectivity index (χ1v) is 10.3. The van der Waals surface area contributed by atoms with Crippen LogP contribution in [0.3, 0.4) is 0 Å². The van der Waals surface area contributed by atoms with Crippen molar-refractivity contribution in [3.05, 3.63) is 83.1 Å². The molecular formula is C23H25N3O3S2. The van der Waals surface area contributed by atoms with Crippen molar-refractivity contribution in [2.45, 2.75) is 0 Å². The van der Waals surface area contributed by atoms with Gasteiger partial charge < -0.3 is 19.7 Å². The van der Waals surface area contributed by atoms with Crippen LogP contribution in [0.5, 0.6) is 0 Å². The smallest absolute Gasteiger partial charge is 0.187 e. The SMILES string of the molecule is CO/N=C/C(C(=O)CN(C)C(=S)c1ccccc1)=C(/O)CN(C)C(=S)c1ccccc1. The van der Waals surface area contributed by atoms with Gasteiger partial charge in [0, 0.05) is 25.2 Å². The van der Waals surface area contributed by atoms with Gasteiger partial charge in [-0.2, -0.15) is 0 Å². The first-order valence-electron chi connectivity index (χ1n) is 9.48. The summed E-state index contributed by atoms with van der Waals surface area (Å²) < 4.78 is 0. The molecule has 0 fully saturated rings. The van der Waals surface area contributed by atoms with Crippen LogP contribution in [0.25, 0.3) is 0 Å². The second kappa shape index (κ2) is 11.9. The van der Waals surface area contributed by atoms with E-state index in [1.165, 1.54) is 13.3 Å². The monoisotopic (exact) mass is 455 g/mol. The Kier molecular flexibility index (Phi) is 9.30. The van der Waals surface area contributed by atoms with E-state index < -0.39 is 0 Å². The van der Waals surface area contributed by atoms with Crippen LogP contribution in [0.4, 0.5) is 0 Å². The predicted octanol–water partition coefficient (Wildman–Crippen LogP) is 3.61. The number of carbonyl (C=O) groups is 1. The summed E-state index contributed by atoms with van der Waals surface area (Å²) in [4.78, 5) is 22.1. The molecule has 1 N–H and O–H groups in total. The molecule has 6 nitrogen and oxygen atoms in total. The molecule has 2 aromatic carbocycles. The van der Waals surface area contributed by atoms with Gasteiger partial charge in [0.15, 0.2) is 5.78 Å². The van der Waals surface area contributed by atoms with Crippen LogP contribution in [0.15, 0.2) is 77.2 Å². The van der Waals surface area contributed by atoms with Crippen molar-refractivity contribution in [2.24, 2.45) is 5.16 Å². The van der Waals surface area contributed by atoms with E-state index in [1.807, 2.05) is 60.7 Å². The molecule has 0 aliphatic rings. The molecule has 0 bridgehead atoms. The number of Topliss-reactive ketones (excluding diaryl/α,β-unsaturated/α-hetero) is 1. The second-order valence-corrected chi connectivity index (χ2v) is 7.53. The molecule has 0 atom stereocenters. The first-order chi connectivity index (χ1) is 14.8. The van der Waals surface area contributed by atoms with Crippen molar-refractivity contribution < 1.29 is 14.7 Å².